The molecule has 0 unspecified atom stereocenters. The van der Waals surface area contributed by atoms with Gasteiger partial charge in [-0.1, -0.05) is 55.0 Å². The van der Waals surface area contributed by atoms with Crippen molar-refractivity contribution in [3.8, 4) is 0 Å². The Morgan fingerprint density at radius 1 is 0.935 bits per heavy atom. The molecule has 1 aliphatic heterocycles. The second-order valence-electron chi connectivity index (χ2n) is 7.79. The van der Waals surface area contributed by atoms with Gasteiger partial charge in [-0.3, -0.25) is 14.4 Å². The zero-order valence-corrected chi connectivity index (χ0v) is 17.4. The molecule has 1 aliphatic rings. The number of carbonyl (C=O) groups is 2. The molecule has 4 rings (SSSR count). The smallest absolute Gasteiger partial charge is 0.274 e. The van der Waals surface area contributed by atoms with Crippen molar-refractivity contribution < 1.29 is 9.59 Å². The first-order valence-corrected chi connectivity index (χ1v) is 10.7. The molecule has 3 aromatic rings. The molecule has 0 spiro atoms. The normalized spacial score (nSPS) is 14.5. The number of likely N-dealkylation sites (tertiary alicyclic amines) is 1. The predicted molar refractivity (Wildman–Crippen MR) is 119 cm³/mol. The Balaban J connectivity index is 1.55. The fourth-order valence-electron chi connectivity index (χ4n) is 3.93. The summed E-state index contributed by atoms with van der Waals surface area (Å²) in [5, 5.41) is 8.27. The number of nitrogens with zero attached hydrogens (tertiary/aromatic N) is 3. The number of fused-ring (bicyclic) bond motifs is 1. The van der Waals surface area contributed by atoms with Crippen LogP contribution in [0.15, 0.2) is 59.4 Å². The summed E-state index contributed by atoms with van der Waals surface area (Å²) >= 11 is 0. The Morgan fingerprint density at radius 3 is 2.48 bits per heavy atom. The molecular formula is C24H26N4O3. The molecule has 1 fully saturated rings. The number of hydrogen-bond acceptors (Lipinski definition) is 4. The summed E-state index contributed by atoms with van der Waals surface area (Å²) in [6, 6.07) is 16.6. The van der Waals surface area contributed by atoms with Gasteiger partial charge in [0.25, 0.3) is 11.5 Å². The lowest BCUT2D eigenvalue weighted by Crippen LogP contribution is -2.39. The van der Waals surface area contributed by atoms with E-state index in [1.807, 2.05) is 35.2 Å². The van der Waals surface area contributed by atoms with Gasteiger partial charge in [0.15, 0.2) is 5.69 Å². The van der Waals surface area contributed by atoms with E-state index < -0.39 is 0 Å². The third-order valence-corrected chi connectivity index (χ3v) is 5.60. The van der Waals surface area contributed by atoms with E-state index in [0.717, 1.165) is 31.4 Å². The van der Waals surface area contributed by atoms with Crippen molar-refractivity contribution in [2.24, 2.45) is 0 Å². The molecule has 7 nitrogen and oxygen atoms in total. The number of carbonyl (C=O) groups excluding carboxylic acids is 2. The van der Waals surface area contributed by atoms with Crippen LogP contribution in [0.4, 0.5) is 0 Å². The maximum absolute atomic E-state index is 13.0. The molecule has 7 heteroatoms. The molecule has 2 heterocycles. The van der Waals surface area contributed by atoms with Crippen LogP contribution in [0.5, 0.6) is 0 Å². The summed E-state index contributed by atoms with van der Waals surface area (Å²) in [6.45, 7) is 1.84. The lowest BCUT2D eigenvalue weighted by Gasteiger charge is -2.20. The molecule has 160 valence electrons. The third-order valence-electron chi connectivity index (χ3n) is 5.60. The number of nitrogens with one attached hydrogen (secondary N) is 1. The van der Waals surface area contributed by atoms with Gasteiger partial charge in [0, 0.05) is 31.4 Å². The van der Waals surface area contributed by atoms with Gasteiger partial charge in [-0.25, -0.2) is 4.68 Å². The monoisotopic (exact) mass is 418 g/mol. The van der Waals surface area contributed by atoms with Crippen molar-refractivity contribution in [1.82, 2.24) is 20.0 Å². The Bertz CT molecular complexity index is 1140. The van der Waals surface area contributed by atoms with Crippen molar-refractivity contribution >= 4 is 22.6 Å². The van der Waals surface area contributed by atoms with Gasteiger partial charge < -0.3 is 10.2 Å². The zero-order chi connectivity index (χ0) is 21.6. The summed E-state index contributed by atoms with van der Waals surface area (Å²) in [5.41, 5.74) is 0.915. The molecule has 31 heavy (non-hydrogen) atoms. The number of rotatable bonds is 6. The van der Waals surface area contributed by atoms with E-state index in [2.05, 4.69) is 10.4 Å². The van der Waals surface area contributed by atoms with Crippen molar-refractivity contribution in [3.63, 3.8) is 0 Å². The summed E-state index contributed by atoms with van der Waals surface area (Å²) in [6.07, 6.45) is 3.56. The Morgan fingerprint density at radius 2 is 1.68 bits per heavy atom. The van der Waals surface area contributed by atoms with E-state index in [9.17, 15) is 14.4 Å². The van der Waals surface area contributed by atoms with Crippen molar-refractivity contribution in [3.05, 3.63) is 76.2 Å². The second-order valence-corrected chi connectivity index (χ2v) is 7.79. The maximum atomic E-state index is 13.0. The topological polar surface area (TPSA) is 84.3 Å². The highest BCUT2D eigenvalue weighted by atomic mass is 16.2. The average Bonchev–Trinajstić information content (AvgIpc) is 3.00. The van der Waals surface area contributed by atoms with E-state index in [4.69, 9.17) is 0 Å². The molecule has 0 atom stereocenters. The van der Waals surface area contributed by atoms with Crippen LogP contribution in [-0.4, -0.2) is 46.1 Å². The number of aromatic nitrogens is 2. The van der Waals surface area contributed by atoms with Gasteiger partial charge in [-0.2, -0.15) is 5.10 Å². The molecule has 2 amide bonds. The first kappa shape index (κ1) is 20.8. The number of hydrogen-bond donors (Lipinski definition) is 1. The SMILES string of the molecule is O=C(NCCN1CCCCCC1=O)c1nn(Cc2ccccc2)c(=O)c2ccccc12. The molecule has 1 N–H and O–H groups in total. The van der Waals surface area contributed by atoms with Crippen molar-refractivity contribution in [2.75, 3.05) is 19.6 Å². The molecule has 2 aromatic carbocycles. The van der Waals surface area contributed by atoms with Crippen LogP contribution in [0.1, 0.15) is 41.7 Å². The lowest BCUT2D eigenvalue weighted by atomic mass is 10.1. The minimum absolute atomic E-state index is 0.145. The summed E-state index contributed by atoms with van der Waals surface area (Å²) in [5.74, 6) is -0.202. The fourth-order valence-corrected chi connectivity index (χ4v) is 3.93. The van der Waals surface area contributed by atoms with Gasteiger partial charge in [0.1, 0.15) is 0 Å². The molecule has 1 saturated heterocycles. The molecular weight excluding hydrogens is 392 g/mol. The molecule has 0 bridgehead atoms. The zero-order valence-electron chi connectivity index (χ0n) is 17.4. The highest BCUT2D eigenvalue weighted by Crippen LogP contribution is 2.14. The van der Waals surface area contributed by atoms with E-state index in [0.29, 0.717) is 30.3 Å². The predicted octanol–water partition coefficient (Wildman–Crippen LogP) is 2.58. The number of amides is 2. The lowest BCUT2D eigenvalue weighted by molar-refractivity contribution is -0.130. The molecule has 0 saturated carbocycles. The van der Waals surface area contributed by atoms with Gasteiger partial charge in [-0.15, -0.1) is 0 Å². The van der Waals surface area contributed by atoms with Crippen LogP contribution >= 0.6 is 0 Å². The second kappa shape index (κ2) is 9.55. The van der Waals surface area contributed by atoms with E-state index >= 15 is 0 Å². The van der Waals surface area contributed by atoms with Gasteiger partial charge >= 0.3 is 0 Å². The van der Waals surface area contributed by atoms with E-state index in [1.54, 1.807) is 24.3 Å². The summed E-state index contributed by atoms with van der Waals surface area (Å²) < 4.78 is 1.34. The minimum atomic E-state index is -0.347. The molecule has 1 aromatic heterocycles. The minimum Gasteiger partial charge on any atom is -0.349 e. The summed E-state index contributed by atoms with van der Waals surface area (Å²) in [7, 11) is 0. The van der Waals surface area contributed by atoms with Crippen LogP contribution < -0.4 is 10.9 Å². The van der Waals surface area contributed by atoms with Crippen LogP contribution in [0.25, 0.3) is 10.8 Å². The molecule has 0 aliphatic carbocycles. The Hall–Kier alpha value is -3.48. The van der Waals surface area contributed by atoms with Crippen LogP contribution in [-0.2, 0) is 11.3 Å². The quantitative estimate of drug-likeness (QED) is 0.667. The average molecular weight is 418 g/mol. The van der Waals surface area contributed by atoms with Gasteiger partial charge in [-0.05, 0) is 24.5 Å². The summed E-state index contributed by atoms with van der Waals surface area (Å²) in [4.78, 5) is 39.9. The first-order valence-electron chi connectivity index (χ1n) is 10.7. The van der Waals surface area contributed by atoms with Crippen molar-refractivity contribution in [2.45, 2.75) is 32.2 Å². The first-order chi connectivity index (χ1) is 15.1. The third kappa shape index (κ3) is 4.82. The highest BCUT2D eigenvalue weighted by Gasteiger charge is 2.19. The maximum Gasteiger partial charge on any atom is 0.274 e. The van der Waals surface area contributed by atoms with Gasteiger partial charge in [0.2, 0.25) is 5.91 Å². The van der Waals surface area contributed by atoms with Crippen LogP contribution in [0.3, 0.4) is 0 Å². The number of benzene rings is 2. The Kier molecular flexibility index (Phi) is 6.40. The van der Waals surface area contributed by atoms with Crippen LogP contribution in [0, 0.1) is 0 Å². The highest BCUT2D eigenvalue weighted by molar-refractivity contribution is 6.04. The fraction of sp³-hybridized carbons (Fsp3) is 0.333. The largest absolute Gasteiger partial charge is 0.349 e. The van der Waals surface area contributed by atoms with Crippen molar-refractivity contribution in [1.29, 1.82) is 0 Å². The van der Waals surface area contributed by atoms with Gasteiger partial charge in [0.05, 0.1) is 11.9 Å². The Labute approximate surface area is 180 Å². The van der Waals surface area contributed by atoms with E-state index in [1.165, 1.54) is 4.68 Å². The molecule has 0 radical (unpaired) electrons. The van der Waals surface area contributed by atoms with E-state index in [-0.39, 0.29) is 29.6 Å². The standard InChI is InChI=1S/C24H26N4O3/c29-21-13-5-2-8-15-27(21)16-14-25-23(30)22-19-11-6-7-12-20(19)24(31)28(26-22)17-18-9-3-1-4-10-18/h1,3-4,6-7,9-12H,2,5,8,13-17H2,(H,25,30). The van der Waals surface area contributed by atoms with Crippen LogP contribution in [0.2, 0.25) is 0 Å².